The Morgan fingerprint density at radius 2 is 2.00 bits per heavy atom. The van der Waals surface area contributed by atoms with E-state index in [9.17, 15) is 0 Å². The summed E-state index contributed by atoms with van der Waals surface area (Å²) in [6, 6.07) is 10.9. The summed E-state index contributed by atoms with van der Waals surface area (Å²) in [4.78, 5) is 0. The maximum atomic E-state index is 5.29. The molecule has 2 atom stereocenters. The number of hydrogen-bond donors (Lipinski definition) is 0. The molecular weight excluding hydrogens is 124 g/mol. The van der Waals surface area contributed by atoms with Crippen LogP contribution in [0.1, 0.15) is 18.6 Å². The number of benzene rings is 1. The lowest BCUT2D eigenvalue weighted by atomic mass is 10.1. The summed E-state index contributed by atoms with van der Waals surface area (Å²) in [6.45, 7) is 2.08. The first-order chi connectivity index (χ1) is 4.88. The van der Waals surface area contributed by atoms with Crippen LogP contribution in [0, 0.1) is 6.07 Å². The summed E-state index contributed by atoms with van der Waals surface area (Å²) >= 11 is 0. The van der Waals surface area contributed by atoms with Crippen molar-refractivity contribution in [1.29, 1.82) is 0 Å². The molecule has 1 heteroatoms. The fraction of sp³-hybridized carbons (Fsp3) is 0.333. The number of ether oxygens (including phenoxy) is 1. The van der Waals surface area contributed by atoms with E-state index in [4.69, 9.17) is 4.74 Å². The first kappa shape index (κ1) is 5.93. The number of rotatable bonds is 1. The van der Waals surface area contributed by atoms with E-state index in [1.807, 2.05) is 24.3 Å². The van der Waals surface area contributed by atoms with Gasteiger partial charge in [-0.05, 0) is 18.6 Å². The summed E-state index contributed by atoms with van der Waals surface area (Å²) < 4.78 is 5.29. The molecule has 1 fully saturated rings. The minimum atomic E-state index is 0.356. The van der Waals surface area contributed by atoms with Gasteiger partial charge in [0.05, 0.1) is 6.10 Å². The van der Waals surface area contributed by atoms with Gasteiger partial charge in [-0.2, -0.15) is 0 Å². The monoisotopic (exact) mass is 133 g/mol. The molecule has 10 heavy (non-hydrogen) atoms. The largest absolute Gasteiger partial charge is 0.365 e. The molecule has 0 bridgehead atoms. The van der Waals surface area contributed by atoms with Gasteiger partial charge in [0, 0.05) is 0 Å². The van der Waals surface area contributed by atoms with Gasteiger partial charge >= 0.3 is 0 Å². The molecule has 1 saturated heterocycles. The Labute approximate surface area is 60.6 Å². The van der Waals surface area contributed by atoms with Crippen molar-refractivity contribution in [3.05, 3.63) is 35.9 Å². The first-order valence-corrected chi connectivity index (χ1v) is 3.49. The van der Waals surface area contributed by atoms with Crippen LogP contribution in [0.3, 0.4) is 0 Å². The molecule has 1 radical (unpaired) electrons. The Morgan fingerprint density at radius 1 is 1.40 bits per heavy atom. The Kier molecular flexibility index (Phi) is 1.24. The third kappa shape index (κ3) is 0.929. The van der Waals surface area contributed by atoms with Crippen LogP contribution in [0.4, 0.5) is 0 Å². The summed E-state index contributed by atoms with van der Waals surface area (Å²) in [6.07, 6.45) is 0.775. The van der Waals surface area contributed by atoms with E-state index in [0.29, 0.717) is 12.2 Å². The maximum absolute atomic E-state index is 5.29. The zero-order chi connectivity index (χ0) is 6.97. The van der Waals surface area contributed by atoms with Crippen molar-refractivity contribution >= 4 is 0 Å². The van der Waals surface area contributed by atoms with Gasteiger partial charge in [0.2, 0.25) is 0 Å². The zero-order valence-corrected chi connectivity index (χ0v) is 5.87. The van der Waals surface area contributed by atoms with Gasteiger partial charge in [0.25, 0.3) is 0 Å². The molecule has 0 spiro atoms. The normalized spacial score (nSPS) is 30.1. The Morgan fingerprint density at radius 3 is 2.50 bits per heavy atom. The number of hydrogen-bond acceptors (Lipinski definition) is 1. The highest BCUT2D eigenvalue weighted by Gasteiger charge is 2.35. The Balaban J connectivity index is 2.20. The molecule has 1 aliphatic heterocycles. The minimum Gasteiger partial charge on any atom is -0.365 e. The molecule has 2 rings (SSSR count). The molecule has 1 aliphatic rings. The van der Waals surface area contributed by atoms with Gasteiger partial charge in [0.15, 0.2) is 0 Å². The SMILES string of the molecule is CC1OC1c1cc[c]cc1. The molecule has 1 aromatic carbocycles. The van der Waals surface area contributed by atoms with Crippen molar-refractivity contribution in [3.8, 4) is 0 Å². The van der Waals surface area contributed by atoms with Crippen LogP contribution in [-0.4, -0.2) is 6.10 Å². The summed E-state index contributed by atoms with van der Waals surface area (Å²) in [5.41, 5.74) is 1.27. The topological polar surface area (TPSA) is 12.5 Å². The van der Waals surface area contributed by atoms with Gasteiger partial charge in [0.1, 0.15) is 6.10 Å². The lowest BCUT2D eigenvalue weighted by Crippen LogP contribution is -1.80. The van der Waals surface area contributed by atoms with E-state index in [2.05, 4.69) is 13.0 Å². The molecular formula is C9H9O. The molecule has 1 nitrogen and oxygen atoms in total. The molecule has 0 aromatic heterocycles. The predicted molar refractivity (Wildman–Crippen MR) is 38.6 cm³/mol. The van der Waals surface area contributed by atoms with Gasteiger partial charge in [-0.25, -0.2) is 0 Å². The van der Waals surface area contributed by atoms with E-state index in [1.165, 1.54) is 5.56 Å². The maximum Gasteiger partial charge on any atom is 0.109 e. The van der Waals surface area contributed by atoms with E-state index in [1.54, 1.807) is 0 Å². The highest BCUT2D eigenvalue weighted by atomic mass is 16.6. The zero-order valence-electron chi connectivity index (χ0n) is 5.87. The summed E-state index contributed by atoms with van der Waals surface area (Å²) in [7, 11) is 0. The summed E-state index contributed by atoms with van der Waals surface area (Å²) in [5.74, 6) is 0. The second-order valence-electron chi connectivity index (χ2n) is 2.60. The van der Waals surface area contributed by atoms with E-state index in [0.717, 1.165) is 0 Å². The van der Waals surface area contributed by atoms with Crippen LogP contribution in [0.15, 0.2) is 24.3 Å². The Hall–Kier alpha value is -0.820. The van der Waals surface area contributed by atoms with Gasteiger partial charge in [-0.3, -0.25) is 0 Å². The summed E-state index contributed by atoms with van der Waals surface area (Å²) in [5, 5.41) is 0. The van der Waals surface area contributed by atoms with Gasteiger partial charge in [-0.15, -0.1) is 0 Å². The van der Waals surface area contributed by atoms with Crippen molar-refractivity contribution in [2.24, 2.45) is 0 Å². The quantitative estimate of drug-likeness (QED) is 0.533. The highest BCUT2D eigenvalue weighted by molar-refractivity contribution is 5.20. The molecule has 0 aliphatic carbocycles. The molecule has 1 aromatic rings. The fourth-order valence-corrected chi connectivity index (χ4v) is 1.12. The van der Waals surface area contributed by atoms with E-state index in [-0.39, 0.29) is 0 Å². The van der Waals surface area contributed by atoms with Crippen LogP contribution in [0.2, 0.25) is 0 Å². The van der Waals surface area contributed by atoms with Crippen LogP contribution in [0.25, 0.3) is 0 Å². The van der Waals surface area contributed by atoms with Crippen LogP contribution >= 0.6 is 0 Å². The first-order valence-electron chi connectivity index (χ1n) is 3.49. The van der Waals surface area contributed by atoms with E-state index < -0.39 is 0 Å². The third-order valence-electron chi connectivity index (χ3n) is 1.78. The third-order valence-corrected chi connectivity index (χ3v) is 1.78. The smallest absolute Gasteiger partial charge is 0.109 e. The highest BCUT2D eigenvalue weighted by Crippen LogP contribution is 2.37. The fourth-order valence-electron chi connectivity index (χ4n) is 1.12. The van der Waals surface area contributed by atoms with Gasteiger partial charge in [-0.1, -0.05) is 24.3 Å². The standard InChI is InChI=1S/C9H9O/c1-7-9(10-7)8-5-3-2-4-6-8/h3-7,9H,1H3. The Bertz CT molecular complexity index is 217. The molecule has 51 valence electrons. The van der Waals surface area contributed by atoms with Crippen molar-refractivity contribution in [2.75, 3.05) is 0 Å². The minimum absolute atomic E-state index is 0.356. The molecule has 0 N–H and O–H groups in total. The van der Waals surface area contributed by atoms with Crippen LogP contribution in [0.5, 0.6) is 0 Å². The van der Waals surface area contributed by atoms with Crippen LogP contribution in [-0.2, 0) is 4.74 Å². The lowest BCUT2D eigenvalue weighted by molar-refractivity contribution is 0.383. The van der Waals surface area contributed by atoms with Crippen molar-refractivity contribution in [3.63, 3.8) is 0 Å². The van der Waals surface area contributed by atoms with Crippen molar-refractivity contribution in [1.82, 2.24) is 0 Å². The van der Waals surface area contributed by atoms with E-state index >= 15 is 0 Å². The molecule has 0 amide bonds. The number of epoxide rings is 1. The molecule has 2 unspecified atom stereocenters. The predicted octanol–water partition coefficient (Wildman–Crippen LogP) is 1.95. The second-order valence-corrected chi connectivity index (χ2v) is 2.60. The molecule has 0 saturated carbocycles. The lowest BCUT2D eigenvalue weighted by Gasteiger charge is -1.90. The average molecular weight is 133 g/mol. The molecule has 1 heterocycles. The van der Waals surface area contributed by atoms with Crippen molar-refractivity contribution < 1.29 is 4.74 Å². The van der Waals surface area contributed by atoms with Gasteiger partial charge < -0.3 is 4.74 Å². The second kappa shape index (κ2) is 2.10. The van der Waals surface area contributed by atoms with Crippen LogP contribution < -0.4 is 0 Å². The van der Waals surface area contributed by atoms with Crippen molar-refractivity contribution in [2.45, 2.75) is 19.1 Å². The average Bonchev–Trinajstić information content (AvgIpc) is 2.69.